The zero-order chi connectivity index (χ0) is 21.1. The van der Waals surface area contributed by atoms with Gasteiger partial charge in [0.05, 0.1) is 7.11 Å². The molecule has 0 bridgehead atoms. The first-order chi connectivity index (χ1) is 14.6. The van der Waals surface area contributed by atoms with E-state index >= 15 is 0 Å². The number of aryl methyl sites for hydroxylation is 1. The second kappa shape index (κ2) is 8.90. The monoisotopic (exact) mass is 420 g/mol. The molecule has 0 aromatic heterocycles. The average Bonchev–Trinajstić information content (AvgIpc) is 2.80. The van der Waals surface area contributed by atoms with Gasteiger partial charge in [0.1, 0.15) is 17.7 Å². The number of ether oxygens (including phenoxy) is 1. The van der Waals surface area contributed by atoms with Crippen LogP contribution >= 0.6 is 11.6 Å². The zero-order valence-electron chi connectivity index (χ0n) is 17.1. The maximum Gasteiger partial charge on any atom is 0.126 e. The van der Waals surface area contributed by atoms with Gasteiger partial charge >= 0.3 is 0 Å². The molecule has 1 aliphatic heterocycles. The first kappa shape index (κ1) is 20.5. The molecule has 3 aromatic carbocycles. The maximum absolute atomic E-state index is 10.5. The minimum Gasteiger partial charge on any atom is -0.508 e. The highest BCUT2D eigenvalue weighted by Crippen LogP contribution is 2.36. The number of hydrogen-bond acceptors (Lipinski definition) is 4. The van der Waals surface area contributed by atoms with Gasteiger partial charge in [0.2, 0.25) is 0 Å². The van der Waals surface area contributed by atoms with Crippen molar-refractivity contribution in [1.29, 1.82) is 0 Å². The molecule has 1 heterocycles. The summed E-state index contributed by atoms with van der Waals surface area (Å²) in [6, 6.07) is 21.5. The number of halogens is 1. The number of nitrogens with zero attached hydrogens (tertiary/aromatic N) is 1. The van der Waals surface area contributed by atoms with E-state index in [-0.39, 0.29) is 18.0 Å². The predicted molar refractivity (Wildman–Crippen MR) is 122 cm³/mol. The Balaban J connectivity index is 1.73. The summed E-state index contributed by atoms with van der Waals surface area (Å²) in [5.41, 5.74) is 5.20. The van der Waals surface area contributed by atoms with Crippen LogP contribution < -0.4 is 10.1 Å². The van der Waals surface area contributed by atoms with E-state index in [1.165, 1.54) is 5.56 Å². The third-order valence-corrected chi connectivity index (χ3v) is 5.77. The zero-order valence-corrected chi connectivity index (χ0v) is 17.9. The molecule has 154 valence electrons. The molecular weight excluding hydrogens is 396 g/mol. The quantitative estimate of drug-likeness (QED) is 0.545. The van der Waals surface area contributed by atoms with Crippen molar-refractivity contribution in [3.63, 3.8) is 0 Å². The normalized spacial score (nSPS) is 18.7. The Hall–Kier alpha value is -2.82. The van der Waals surface area contributed by atoms with Crippen molar-refractivity contribution in [3.8, 4) is 11.5 Å². The molecule has 2 N–H and O–H groups in total. The number of phenols is 1. The van der Waals surface area contributed by atoms with Gasteiger partial charge in [-0.2, -0.15) is 0 Å². The van der Waals surface area contributed by atoms with Gasteiger partial charge in [0, 0.05) is 28.8 Å². The van der Waals surface area contributed by atoms with Crippen molar-refractivity contribution < 1.29 is 9.84 Å². The first-order valence-corrected chi connectivity index (χ1v) is 10.5. The molecule has 4 nitrogen and oxygen atoms in total. The highest BCUT2D eigenvalue weighted by molar-refractivity contribution is 6.30. The summed E-state index contributed by atoms with van der Waals surface area (Å²) in [6.45, 7) is 2.15. The highest BCUT2D eigenvalue weighted by Gasteiger charge is 2.28. The SMILES string of the molecule is CCc1ccc(C2=N[C@@H](c3ccc(OC)cc3)N[C@H](c3cc(Cl)ccc3O)C2)cc1. The summed E-state index contributed by atoms with van der Waals surface area (Å²) in [7, 11) is 1.65. The maximum atomic E-state index is 10.5. The number of methoxy groups -OCH3 is 1. The fraction of sp³-hybridized carbons (Fsp3) is 0.240. The summed E-state index contributed by atoms with van der Waals surface area (Å²) < 4.78 is 5.28. The molecule has 0 fully saturated rings. The van der Waals surface area contributed by atoms with Crippen LogP contribution in [0.2, 0.25) is 5.02 Å². The molecule has 4 rings (SSSR count). The minimum atomic E-state index is -0.242. The van der Waals surface area contributed by atoms with Crippen LogP contribution in [-0.4, -0.2) is 17.9 Å². The largest absolute Gasteiger partial charge is 0.508 e. The van der Waals surface area contributed by atoms with Gasteiger partial charge in [0.15, 0.2) is 0 Å². The van der Waals surface area contributed by atoms with Crippen molar-refractivity contribution in [2.45, 2.75) is 32.0 Å². The fourth-order valence-electron chi connectivity index (χ4n) is 3.78. The van der Waals surface area contributed by atoms with Gasteiger partial charge in [-0.3, -0.25) is 10.3 Å². The third kappa shape index (κ3) is 4.35. The van der Waals surface area contributed by atoms with Gasteiger partial charge < -0.3 is 9.84 Å². The van der Waals surface area contributed by atoms with Gasteiger partial charge in [0.25, 0.3) is 0 Å². The molecule has 0 unspecified atom stereocenters. The molecule has 1 aliphatic rings. The van der Waals surface area contributed by atoms with Crippen LogP contribution in [0, 0.1) is 0 Å². The number of nitrogens with one attached hydrogen (secondary N) is 1. The van der Waals surface area contributed by atoms with Crippen LogP contribution in [0.15, 0.2) is 71.7 Å². The third-order valence-electron chi connectivity index (χ3n) is 5.53. The molecule has 0 saturated heterocycles. The van der Waals surface area contributed by atoms with Crippen molar-refractivity contribution in [1.82, 2.24) is 5.32 Å². The summed E-state index contributed by atoms with van der Waals surface area (Å²) in [6.07, 6.45) is 1.42. The molecule has 30 heavy (non-hydrogen) atoms. The second-order valence-electron chi connectivity index (χ2n) is 7.43. The Kier molecular flexibility index (Phi) is 6.07. The minimum absolute atomic E-state index is 0.117. The van der Waals surface area contributed by atoms with Gasteiger partial charge in [-0.1, -0.05) is 54.9 Å². The van der Waals surface area contributed by atoms with E-state index in [2.05, 4.69) is 36.5 Å². The summed E-state index contributed by atoms with van der Waals surface area (Å²) in [5, 5.41) is 14.6. The predicted octanol–water partition coefficient (Wildman–Crippen LogP) is 5.84. The molecule has 0 aliphatic carbocycles. The molecule has 5 heteroatoms. The van der Waals surface area contributed by atoms with E-state index in [9.17, 15) is 5.11 Å². The van der Waals surface area contributed by atoms with Crippen LogP contribution in [0.5, 0.6) is 11.5 Å². The summed E-state index contributed by atoms with van der Waals surface area (Å²) in [5.74, 6) is 1.03. The second-order valence-corrected chi connectivity index (χ2v) is 7.86. The van der Waals surface area contributed by atoms with Gasteiger partial charge in [-0.15, -0.1) is 0 Å². The lowest BCUT2D eigenvalue weighted by molar-refractivity contribution is 0.408. The molecule has 0 radical (unpaired) electrons. The Labute approximate surface area is 182 Å². The van der Waals surface area contributed by atoms with E-state index in [4.69, 9.17) is 21.3 Å². The number of aromatic hydroxyl groups is 1. The lowest BCUT2D eigenvalue weighted by atomic mass is 9.93. The van der Waals surface area contributed by atoms with Crippen LogP contribution in [0.25, 0.3) is 0 Å². The number of aliphatic imine (C=N–C) groups is 1. The van der Waals surface area contributed by atoms with E-state index in [0.717, 1.165) is 34.6 Å². The van der Waals surface area contributed by atoms with Gasteiger partial charge in [-0.25, -0.2) is 0 Å². The number of phenolic OH excluding ortho intramolecular Hbond substituents is 1. The van der Waals surface area contributed by atoms with E-state index in [1.807, 2.05) is 30.3 Å². The molecule has 0 saturated carbocycles. The number of rotatable bonds is 5. The Morgan fingerprint density at radius 1 is 1.07 bits per heavy atom. The molecule has 0 spiro atoms. The van der Waals surface area contributed by atoms with Crippen LogP contribution in [-0.2, 0) is 6.42 Å². The van der Waals surface area contributed by atoms with Crippen LogP contribution in [0.1, 0.15) is 47.8 Å². The molecule has 3 aromatic rings. The van der Waals surface area contributed by atoms with Crippen molar-refractivity contribution in [2.75, 3.05) is 7.11 Å². The van der Waals surface area contributed by atoms with Crippen molar-refractivity contribution in [2.24, 2.45) is 4.99 Å². The smallest absolute Gasteiger partial charge is 0.126 e. The average molecular weight is 421 g/mol. The van der Waals surface area contributed by atoms with E-state index < -0.39 is 0 Å². The lowest BCUT2D eigenvalue weighted by Crippen LogP contribution is -2.33. The van der Waals surface area contributed by atoms with Crippen molar-refractivity contribution in [3.05, 3.63) is 94.0 Å². The van der Waals surface area contributed by atoms with E-state index in [1.54, 1.807) is 19.2 Å². The van der Waals surface area contributed by atoms with Crippen molar-refractivity contribution >= 4 is 17.3 Å². The molecule has 0 amide bonds. The van der Waals surface area contributed by atoms with Gasteiger partial charge in [-0.05, 0) is 53.4 Å². The topological polar surface area (TPSA) is 53.8 Å². The Morgan fingerprint density at radius 2 is 1.80 bits per heavy atom. The van der Waals surface area contributed by atoms with E-state index in [0.29, 0.717) is 11.4 Å². The Morgan fingerprint density at radius 3 is 2.47 bits per heavy atom. The highest BCUT2D eigenvalue weighted by atomic mass is 35.5. The lowest BCUT2D eigenvalue weighted by Gasteiger charge is -2.31. The molecule has 2 atom stereocenters. The Bertz CT molecular complexity index is 1050. The molecular formula is C25H25ClN2O2. The standard InChI is InChI=1S/C25H25ClN2O2/c1-3-16-4-6-17(7-5-16)22-15-23(21-14-19(26)10-13-24(21)29)28-25(27-22)18-8-11-20(30-2)12-9-18/h4-14,23,25,28-29H,3,15H2,1-2H3/t23-,25+/m0/s1. The summed E-state index contributed by atoms with van der Waals surface area (Å²) in [4.78, 5) is 5.01. The summed E-state index contributed by atoms with van der Waals surface area (Å²) >= 11 is 6.23. The number of hydrogen-bond donors (Lipinski definition) is 2. The van der Waals surface area contributed by atoms with Crippen LogP contribution in [0.3, 0.4) is 0 Å². The fourth-order valence-corrected chi connectivity index (χ4v) is 3.96. The number of benzene rings is 3. The van der Waals surface area contributed by atoms with Crippen LogP contribution in [0.4, 0.5) is 0 Å². The first-order valence-electron chi connectivity index (χ1n) is 10.1.